The maximum Gasteiger partial charge on any atom is 0.307 e. The highest BCUT2D eigenvalue weighted by atomic mass is 16.4. The number of piperidine rings is 1. The van der Waals surface area contributed by atoms with Crippen LogP contribution in [0.5, 0.6) is 0 Å². The van der Waals surface area contributed by atoms with Crippen molar-refractivity contribution in [2.75, 3.05) is 13.1 Å². The van der Waals surface area contributed by atoms with Crippen molar-refractivity contribution in [1.29, 1.82) is 0 Å². The molecule has 1 saturated heterocycles. The molecular weight excluding hydrogens is 232 g/mol. The van der Waals surface area contributed by atoms with Crippen LogP contribution < -0.4 is 10.6 Å². The van der Waals surface area contributed by atoms with Crippen LogP contribution in [-0.4, -0.2) is 36.1 Å². The summed E-state index contributed by atoms with van der Waals surface area (Å²) < 4.78 is 0. The first-order chi connectivity index (χ1) is 8.58. The fourth-order valence-electron chi connectivity index (χ4n) is 3.13. The zero-order valence-electron chi connectivity index (χ0n) is 10.8. The molecule has 5 heteroatoms. The highest BCUT2D eigenvalue weighted by Gasteiger charge is 2.41. The summed E-state index contributed by atoms with van der Waals surface area (Å²) in [6.45, 7) is 3.87. The van der Waals surface area contributed by atoms with Gasteiger partial charge >= 0.3 is 5.97 Å². The van der Waals surface area contributed by atoms with E-state index in [1.807, 2.05) is 6.92 Å². The quantitative estimate of drug-likeness (QED) is 0.689. The third-order valence-electron chi connectivity index (χ3n) is 4.14. The van der Waals surface area contributed by atoms with Crippen molar-refractivity contribution in [2.24, 2.45) is 17.8 Å². The molecule has 0 spiro atoms. The van der Waals surface area contributed by atoms with Crippen molar-refractivity contribution >= 4 is 11.9 Å². The van der Waals surface area contributed by atoms with E-state index in [1.54, 1.807) is 0 Å². The molecule has 1 saturated carbocycles. The zero-order valence-corrected chi connectivity index (χ0v) is 10.8. The number of aliphatic carboxylic acids is 1. The van der Waals surface area contributed by atoms with Crippen LogP contribution >= 0.6 is 0 Å². The Bertz CT molecular complexity index is 326. The molecule has 0 bridgehead atoms. The largest absolute Gasteiger partial charge is 0.481 e. The van der Waals surface area contributed by atoms with E-state index in [0.717, 1.165) is 25.9 Å². The first kappa shape index (κ1) is 13.3. The summed E-state index contributed by atoms with van der Waals surface area (Å²) in [5, 5.41) is 15.4. The number of carbonyl (C=O) groups excluding carboxylic acids is 1. The van der Waals surface area contributed by atoms with Crippen LogP contribution in [0.25, 0.3) is 0 Å². The lowest BCUT2D eigenvalue weighted by atomic mass is 9.94. The summed E-state index contributed by atoms with van der Waals surface area (Å²) in [7, 11) is 0. The van der Waals surface area contributed by atoms with E-state index in [2.05, 4.69) is 10.6 Å². The minimum absolute atomic E-state index is 0.0568. The molecule has 0 aromatic rings. The predicted octanol–water partition coefficient (Wildman–Crippen LogP) is 0.601. The average Bonchev–Trinajstić information content (AvgIpc) is 2.73. The van der Waals surface area contributed by atoms with Crippen LogP contribution in [0.2, 0.25) is 0 Å². The second kappa shape index (κ2) is 5.69. The molecule has 102 valence electrons. The van der Waals surface area contributed by atoms with Crippen LogP contribution in [-0.2, 0) is 9.59 Å². The highest BCUT2D eigenvalue weighted by molar-refractivity contribution is 5.85. The molecule has 0 aromatic heterocycles. The van der Waals surface area contributed by atoms with Crippen molar-refractivity contribution in [3.8, 4) is 0 Å². The Hall–Kier alpha value is -1.10. The summed E-state index contributed by atoms with van der Waals surface area (Å²) in [4.78, 5) is 23.3. The van der Waals surface area contributed by atoms with Gasteiger partial charge in [0.25, 0.3) is 0 Å². The standard InChI is InChI=1S/C13H22N2O3/c1-8-6-10(11(7-8)13(17)18)12(16)15-9-2-4-14-5-3-9/h8-11,14H,2-7H2,1H3,(H,15,16)(H,17,18)/t8?,10-,11+/m0/s1. The number of amides is 1. The zero-order chi connectivity index (χ0) is 13.1. The first-order valence-electron chi connectivity index (χ1n) is 6.82. The van der Waals surface area contributed by atoms with Gasteiger partial charge in [0.2, 0.25) is 5.91 Å². The Morgan fingerprint density at radius 1 is 1.17 bits per heavy atom. The van der Waals surface area contributed by atoms with Crippen LogP contribution in [0.4, 0.5) is 0 Å². The normalized spacial score (nSPS) is 33.3. The maximum absolute atomic E-state index is 12.2. The third-order valence-corrected chi connectivity index (χ3v) is 4.14. The molecule has 2 fully saturated rings. The van der Waals surface area contributed by atoms with Gasteiger partial charge in [-0.05, 0) is 44.7 Å². The van der Waals surface area contributed by atoms with Gasteiger partial charge in [0.05, 0.1) is 11.8 Å². The van der Waals surface area contributed by atoms with Gasteiger partial charge in [-0.25, -0.2) is 0 Å². The van der Waals surface area contributed by atoms with E-state index in [1.165, 1.54) is 0 Å². The molecule has 1 aliphatic carbocycles. The number of rotatable bonds is 3. The molecule has 1 aliphatic heterocycles. The van der Waals surface area contributed by atoms with Gasteiger partial charge in [-0.1, -0.05) is 6.92 Å². The second-order valence-corrected chi connectivity index (χ2v) is 5.66. The molecule has 18 heavy (non-hydrogen) atoms. The van der Waals surface area contributed by atoms with Gasteiger partial charge < -0.3 is 15.7 Å². The summed E-state index contributed by atoms with van der Waals surface area (Å²) in [5.41, 5.74) is 0. The highest BCUT2D eigenvalue weighted by Crippen LogP contribution is 2.36. The molecule has 1 heterocycles. The Morgan fingerprint density at radius 3 is 2.39 bits per heavy atom. The van der Waals surface area contributed by atoms with E-state index < -0.39 is 11.9 Å². The lowest BCUT2D eigenvalue weighted by Gasteiger charge is -2.26. The van der Waals surface area contributed by atoms with Crippen LogP contribution in [0, 0.1) is 17.8 Å². The Balaban J connectivity index is 1.92. The van der Waals surface area contributed by atoms with Crippen LogP contribution in [0.3, 0.4) is 0 Å². The second-order valence-electron chi connectivity index (χ2n) is 5.66. The van der Waals surface area contributed by atoms with E-state index in [4.69, 9.17) is 5.11 Å². The van der Waals surface area contributed by atoms with Crippen LogP contribution in [0.15, 0.2) is 0 Å². The number of hydrogen-bond donors (Lipinski definition) is 3. The predicted molar refractivity (Wildman–Crippen MR) is 67.0 cm³/mol. The minimum atomic E-state index is -0.829. The van der Waals surface area contributed by atoms with Crippen molar-refractivity contribution in [3.63, 3.8) is 0 Å². The lowest BCUT2D eigenvalue weighted by molar-refractivity contribution is -0.146. The number of carboxylic acids is 1. The van der Waals surface area contributed by atoms with Crippen molar-refractivity contribution in [2.45, 2.75) is 38.6 Å². The van der Waals surface area contributed by atoms with Gasteiger partial charge in [-0.2, -0.15) is 0 Å². The first-order valence-corrected chi connectivity index (χ1v) is 6.82. The van der Waals surface area contributed by atoms with Gasteiger partial charge in [-0.15, -0.1) is 0 Å². The molecule has 3 atom stereocenters. The Labute approximate surface area is 107 Å². The fraction of sp³-hybridized carbons (Fsp3) is 0.846. The minimum Gasteiger partial charge on any atom is -0.481 e. The maximum atomic E-state index is 12.2. The molecule has 5 nitrogen and oxygen atoms in total. The Morgan fingerprint density at radius 2 is 1.78 bits per heavy atom. The van der Waals surface area contributed by atoms with E-state index in [9.17, 15) is 9.59 Å². The molecule has 0 radical (unpaired) electrons. The van der Waals surface area contributed by atoms with Crippen molar-refractivity contribution < 1.29 is 14.7 Å². The molecule has 2 rings (SSSR count). The van der Waals surface area contributed by atoms with E-state index in [-0.39, 0.29) is 17.9 Å². The Kier molecular flexibility index (Phi) is 4.22. The summed E-state index contributed by atoms with van der Waals surface area (Å²) in [6, 6.07) is 0.212. The van der Waals surface area contributed by atoms with Crippen molar-refractivity contribution in [1.82, 2.24) is 10.6 Å². The third kappa shape index (κ3) is 3.02. The van der Waals surface area contributed by atoms with Crippen molar-refractivity contribution in [3.05, 3.63) is 0 Å². The van der Waals surface area contributed by atoms with Gasteiger partial charge in [-0.3, -0.25) is 9.59 Å². The van der Waals surface area contributed by atoms with Gasteiger partial charge in [0, 0.05) is 6.04 Å². The summed E-state index contributed by atoms with van der Waals surface area (Å²) in [6.07, 6.45) is 3.20. The average molecular weight is 254 g/mol. The lowest BCUT2D eigenvalue weighted by Crippen LogP contribution is -2.46. The summed E-state index contributed by atoms with van der Waals surface area (Å²) >= 11 is 0. The smallest absolute Gasteiger partial charge is 0.307 e. The molecule has 2 aliphatic rings. The fourth-order valence-corrected chi connectivity index (χ4v) is 3.13. The van der Waals surface area contributed by atoms with Crippen LogP contribution in [0.1, 0.15) is 32.6 Å². The summed E-state index contributed by atoms with van der Waals surface area (Å²) in [5.74, 6) is -1.40. The number of carbonyl (C=O) groups is 2. The molecule has 1 amide bonds. The monoisotopic (exact) mass is 254 g/mol. The molecular formula is C13H22N2O3. The van der Waals surface area contributed by atoms with Gasteiger partial charge in [0.1, 0.15) is 0 Å². The van der Waals surface area contributed by atoms with Gasteiger partial charge in [0.15, 0.2) is 0 Å². The topological polar surface area (TPSA) is 78.4 Å². The molecule has 3 N–H and O–H groups in total. The van der Waals surface area contributed by atoms with E-state index >= 15 is 0 Å². The number of hydrogen-bond acceptors (Lipinski definition) is 3. The molecule has 0 aromatic carbocycles. The SMILES string of the molecule is CC1C[C@H](C(=O)NC2CCNCC2)[C@H](C(=O)O)C1. The van der Waals surface area contributed by atoms with E-state index in [0.29, 0.717) is 18.8 Å². The number of nitrogens with one attached hydrogen (secondary N) is 2. The number of carboxylic acid groups (broad SMARTS) is 1. The molecule has 1 unspecified atom stereocenters.